The highest BCUT2D eigenvalue weighted by Gasteiger charge is 2.55. The highest BCUT2D eigenvalue weighted by atomic mass is 19.4. The Morgan fingerprint density at radius 3 is 2.82 bits per heavy atom. The smallest absolute Gasteiger partial charge is 0.378 e. The van der Waals surface area contributed by atoms with Crippen LogP contribution in [0.25, 0.3) is 10.9 Å². The van der Waals surface area contributed by atoms with Crippen LogP contribution >= 0.6 is 0 Å². The van der Waals surface area contributed by atoms with Crippen molar-refractivity contribution in [2.75, 3.05) is 5.32 Å². The topological polar surface area (TPSA) is 58.5 Å². The number of anilines is 1. The number of fused-ring (bicyclic) bond motifs is 9. The molecule has 5 atom stereocenters. The summed E-state index contributed by atoms with van der Waals surface area (Å²) < 4.78 is 42.4. The van der Waals surface area contributed by atoms with Crippen molar-refractivity contribution in [3.63, 3.8) is 0 Å². The van der Waals surface area contributed by atoms with Crippen LogP contribution in [0, 0.1) is 17.8 Å². The van der Waals surface area contributed by atoms with Gasteiger partial charge in [0.15, 0.2) is 5.69 Å². The number of aryl methyl sites for hydroxylation is 1. The number of halogens is 3. The zero-order valence-corrected chi connectivity index (χ0v) is 15.3. The highest BCUT2D eigenvalue weighted by molar-refractivity contribution is 5.88. The maximum Gasteiger partial charge on any atom is 0.435 e. The van der Waals surface area contributed by atoms with E-state index in [4.69, 9.17) is 0 Å². The monoisotopic (exact) mass is 387 g/mol. The van der Waals surface area contributed by atoms with Crippen molar-refractivity contribution >= 4 is 16.6 Å². The molecule has 0 radical (unpaired) electrons. The van der Waals surface area contributed by atoms with E-state index in [0.717, 1.165) is 35.9 Å². The Hall–Kier alpha value is -2.51. The standard InChI is InChI=1S/C20H20F3N5/c1-28-8-12(19(27-28)20(21,22)23)18-16-10-3-2-9(6-10)15(16)17-11-7-24-26-13(11)4-5-14(17)25-18/h4-5,7-10,15-16,18,25H,2-3,6H2,1H3,(H,24,26)/t9-,10+,15+,16-,18+/m1/s1. The molecule has 0 spiro atoms. The Morgan fingerprint density at radius 1 is 1.18 bits per heavy atom. The van der Waals surface area contributed by atoms with E-state index in [-0.39, 0.29) is 23.4 Å². The summed E-state index contributed by atoms with van der Waals surface area (Å²) in [4.78, 5) is 0. The molecule has 2 aromatic heterocycles. The van der Waals surface area contributed by atoms with E-state index in [0.29, 0.717) is 11.8 Å². The van der Waals surface area contributed by atoms with E-state index in [9.17, 15) is 13.2 Å². The molecule has 2 aliphatic carbocycles. The molecule has 2 bridgehead atoms. The first kappa shape index (κ1) is 16.4. The molecule has 2 saturated carbocycles. The van der Waals surface area contributed by atoms with Gasteiger partial charge in [-0.3, -0.25) is 9.78 Å². The quantitative estimate of drug-likeness (QED) is 0.641. The molecule has 3 aromatic rings. The van der Waals surface area contributed by atoms with E-state index in [1.165, 1.54) is 10.2 Å². The third-order valence-electron chi connectivity index (χ3n) is 7.14. The van der Waals surface area contributed by atoms with Crippen LogP contribution in [0.4, 0.5) is 18.9 Å². The van der Waals surface area contributed by atoms with Crippen molar-refractivity contribution in [2.24, 2.45) is 24.8 Å². The number of nitrogens with zero attached hydrogens (tertiary/aromatic N) is 3. The third kappa shape index (κ3) is 2.08. The Balaban J connectivity index is 1.56. The van der Waals surface area contributed by atoms with Gasteiger partial charge in [-0.2, -0.15) is 23.4 Å². The largest absolute Gasteiger partial charge is 0.435 e. The van der Waals surface area contributed by atoms with Gasteiger partial charge in [-0.25, -0.2) is 0 Å². The lowest BCUT2D eigenvalue weighted by atomic mass is 9.67. The normalized spacial score (nSPS) is 31.1. The molecule has 0 saturated heterocycles. The second-order valence-corrected chi connectivity index (χ2v) is 8.52. The molecule has 3 heterocycles. The average Bonchev–Trinajstić information content (AvgIpc) is 3.42. The Morgan fingerprint density at radius 2 is 2.00 bits per heavy atom. The van der Waals surface area contributed by atoms with Crippen LogP contribution in [-0.2, 0) is 13.2 Å². The van der Waals surface area contributed by atoms with Crippen LogP contribution in [0.5, 0.6) is 0 Å². The molecule has 6 rings (SSSR count). The van der Waals surface area contributed by atoms with Gasteiger partial charge in [0.1, 0.15) is 0 Å². The van der Waals surface area contributed by atoms with Gasteiger partial charge in [0, 0.05) is 29.9 Å². The summed E-state index contributed by atoms with van der Waals surface area (Å²) in [6.07, 6.45) is 2.30. The summed E-state index contributed by atoms with van der Waals surface area (Å²) in [6, 6.07) is 3.56. The zero-order valence-electron chi connectivity index (χ0n) is 15.3. The maximum absolute atomic E-state index is 13.7. The molecule has 3 aliphatic rings. The molecule has 8 heteroatoms. The van der Waals surface area contributed by atoms with Crippen LogP contribution in [0.1, 0.15) is 48.0 Å². The van der Waals surface area contributed by atoms with Crippen molar-refractivity contribution in [1.29, 1.82) is 0 Å². The number of hydrogen-bond donors (Lipinski definition) is 2. The van der Waals surface area contributed by atoms with E-state index in [2.05, 4.69) is 20.6 Å². The molecular formula is C20H20F3N5. The molecule has 2 N–H and O–H groups in total. The summed E-state index contributed by atoms with van der Waals surface area (Å²) in [5, 5.41) is 15.6. The minimum absolute atomic E-state index is 0.150. The summed E-state index contributed by atoms with van der Waals surface area (Å²) in [7, 11) is 1.56. The highest BCUT2D eigenvalue weighted by Crippen LogP contribution is 2.64. The lowest BCUT2D eigenvalue weighted by Crippen LogP contribution is -2.36. The fourth-order valence-corrected chi connectivity index (χ4v) is 6.27. The Labute approximate surface area is 159 Å². The number of aromatic nitrogens is 4. The number of aromatic amines is 1. The van der Waals surface area contributed by atoms with Crippen molar-refractivity contribution in [3.05, 3.63) is 41.3 Å². The summed E-state index contributed by atoms with van der Waals surface area (Å²) >= 11 is 0. The van der Waals surface area contributed by atoms with Gasteiger partial charge < -0.3 is 5.32 Å². The predicted octanol–water partition coefficient (Wildman–Crippen LogP) is 4.61. The van der Waals surface area contributed by atoms with Crippen LogP contribution in [0.15, 0.2) is 24.5 Å². The van der Waals surface area contributed by atoms with Crippen LogP contribution in [-0.4, -0.2) is 20.0 Å². The lowest BCUT2D eigenvalue weighted by Gasteiger charge is -2.43. The second kappa shape index (κ2) is 5.30. The molecule has 2 fully saturated rings. The van der Waals surface area contributed by atoms with Gasteiger partial charge in [0.2, 0.25) is 0 Å². The number of H-pyrrole nitrogens is 1. The minimum atomic E-state index is -4.46. The number of nitrogens with one attached hydrogen (secondary N) is 2. The van der Waals surface area contributed by atoms with Crippen LogP contribution in [0.3, 0.4) is 0 Å². The number of rotatable bonds is 1. The molecule has 1 aromatic carbocycles. The van der Waals surface area contributed by atoms with Crippen molar-refractivity contribution in [1.82, 2.24) is 20.0 Å². The maximum atomic E-state index is 13.7. The first-order chi connectivity index (χ1) is 13.4. The number of hydrogen-bond acceptors (Lipinski definition) is 3. The summed E-state index contributed by atoms with van der Waals surface area (Å²) in [5.74, 6) is 1.40. The summed E-state index contributed by atoms with van der Waals surface area (Å²) in [6.45, 7) is 0. The zero-order chi connectivity index (χ0) is 19.2. The Bertz CT molecular complexity index is 1080. The predicted molar refractivity (Wildman–Crippen MR) is 97.7 cm³/mol. The SMILES string of the molecule is Cn1cc([C@@H]2Nc3ccc4[nH]ncc4c3[C@H]3[C@@H]4CC[C@@H](C4)[C@H]32)c(C(F)(F)F)n1. The molecule has 146 valence electrons. The van der Waals surface area contributed by atoms with Crippen LogP contribution < -0.4 is 5.32 Å². The number of benzene rings is 1. The second-order valence-electron chi connectivity index (χ2n) is 8.52. The van der Waals surface area contributed by atoms with Gasteiger partial charge in [-0.1, -0.05) is 0 Å². The van der Waals surface area contributed by atoms with Crippen LogP contribution in [0.2, 0.25) is 0 Å². The molecule has 28 heavy (non-hydrogen) atoms. The van der Waals surface area contributed by atoms with Crippen molar-refractivity contribution in [2.45, 2.75) is 37.4 Å². The fourth-order valence-electron chi connectivity index (χ4n) is 6.27. The average molecular weight is 387 g/mol. The summed E-state index contributed by atoms with van der Waals surface area (Å²) in [5.41, 5.74) is 2.66. The first-order valence-corrected chi connectivity index (χ1v) is 9.75. The van der Waals surface area contributed by atoms with Crippen molar-refractivity contribution in [3.8, 4) is 0 Å². The molecule has 0 amide bonds. The van der Waals surface area contributed by atoms with Gasteiger partial charge >= 0.3 is 6.18 Å². The van der Waals surface area contributed by atoms with Crippen molar-refractivity contribution < 1.29 is 13.2 Å². The van der Waals surface area contributed by atoms with E-state index < -0.39 is 11.9 Å². The third-order valence-corrected chi connectivity index (χ3v) is 7.14. The lowest BCUT2D eigenvalue weighted by molar-refractivity contribution is -0.142. The van der Waals surface area contributed by atoms with E-state index >= 15 is 0 Å². The van der Waals surface area contributed by atoms with Gasteiger partial charge in [0.05, 0.1) is 17.8 Å². The van der Waals surface area contributed by atoms with Gasteiger partial charge in [-0.15, -0.1) is 0 Å². The fraction of sp³-hybridized carbons (Fsp3) is 0.500. The van der Waals surface area contributed by atoms with Gasteiger partial charge in [0.25, 0.3) is 0 Å². The molecule has 1 aliphatic heterocycles. The van der Waals surface area contributed by atoms with Gasteiger partial charge in [-0.05, 0) is 60.6 Å². The number of alkyl halides is 3. The molecule has 0 unspecified atom stereocenters. The van der Waals surface area contributed by atoms with E-state index in [1.54, 1.807) is 13.2 Å². The minimum Gasteiger partial charge on any atom is -0.378 e. The van der Waals surface area contributed by atoms with E-state index in [1.807, 2.05) is 18.3 Å². The molecule has 5 nitrogen and oxygen atoms in total. The Kier molecular flexibility index (Phi) is 3.11. The first-order valence-electron chi connectivity index (χ1n) is 9.75. The molecular weight excluding hydrogens is 367 g/mol.